The molecule has 0 aliphatic rings. The smallest absolute Gasteiger partial charge is 0.490 e. The first-order valence-corrected chi connectivity index (χ1v) is 6.15. The van der Waals surface area contributed by atoms with Gasteiger partial charge in [0, 0.05) is 5.88 Å². The van der Waals surface area contributed by atoms with E-state index in [0.717, 1.165) is 5.56 Å². The molecule has 0 aliphatic heterocycles. The lowest BCUT2D eigenvalue weighted by atomic mass is 10.2. The molecule has 0 heterocycles. The number of benzene rings is 1. The monoisotopic (exact) mass is 298 g/mol. The number of rotatable bonds is 7. The summed E-state index contributed by atoms with van der Waals surface area (Å²) in [5, 5.41) is 0. The predicted molar refractivity (Wildman–Crippen MR) is 64.7 cm³/mol. The SMILES string of the molecule is CCOc1cc(CCl)ccc1OCCOC(F)(F)F. The third-order valence-electron chi connectivity index (χ3n) is 2.07. The van der Waals surface area contributed by atoms with Crippen molar-refractivity contribution in [3.05, 3.63) is 23.8 Å². The molecule has 7 heteroatoms. The van der Waals surface area contributed by atoms with E-state index in [0.29, 0.717) is 24.0 Å². The molecule has 108 valence electrons. The molecule has 3 nitrogen and oxygen atoms in total. The van der Waals surface area contributed by atoms with Gasteiger partial charge in [0.15, 0.2) is 11.5 Å². The van der Waals surface area contributed by atoms with Crippen molar-refractivity contribution in [2.45, 2.75) is 19.2 Å². The Morgan fingerprint density at radius 2 is 1.84 bits per heavy atom. The largest absolute Gasteiger partial charge is 0.522 e. The van der Waals surface area contributed by atoms with Crippen LogP contribution < -0.4 is 9.47 Å². The van der Waals surface area contributed by atoms with E-state index in [-0.39, 0.29) is 6.61 Å². The molecule has 0 aliphatic carbocycles. The first kappa shape index (κ1) is 15.9. The van der Waals surface area contributed by atoms with Gasteiger partial charge in [-0.05, 0) is 24.6 Å². The van der Waals surface area contributed by atoms with Crippen LogP contribution in [-0.4, -0.2) is 26.2 Å². The molecule has 0 fully saturated rings. The average molecular weight is 299 g/mol. The molecule has 0 radical (unpaired) electrons. The summed E-state index contributed by atoms with van der Waals surface area (Å²) in [6, 6.07) is 5.02. The Hall–Kier alpha value is -1.14. The maximum atomic E-state index is 11.8. The average Bonchev–Trinajstić information content (AvgIpc) is 2.35. The van der Waals surface area contributed by atoms with Gasteiger partial charge >= 0.3 is 6.36 Å². The molecule has 19 heavy (non-hydrogen) atoms. The van der Waals surface area contributed by atoms with E-state index in [1.807, 2.05) is 0 Å². The highest BCUT2D eigenvalue weighted by Gasteiger charge is 2.28. The maximum absolute atomic E-state index is 11.8. The van der Waals surface area contributed by atoms with E-state index in [1.54, 1.807) is 25.1 Å². The van der Waals surface area contributed by atoms with Gasteiger partial charge in [-0.25, -0.2) is 0 Å². The molecular weight excluding hydrogens is 285 g/mol. The van der Waals surface area contributed by atoms with Gasteiger partial charge in [-0.15, -0.1) is 24.8 Å². The van der Waals surface area contributed by atoms with Gasteiger partial charge in [0.1, 0.15) is 6.61 Å². The van der Waals surface area contributed by atoms with Gasteiger partial charge in [0.05, 0.1) is 13.2 Å². The molecule has 0 atom stereocenters. The quantitative estimate of drug-likeness (QED) is 0.567. The first-order valence-electron chi connectivity index (χ1n) is 5.61. The number of alkyl halides is 4. The van der Waals surface area contributed by atoms with Crippen LogP contribution in [0.2, 0.25) is 0 Å². The van der Waals surface area contributed by atoms with Gasteiger partial charge in [-0.1, -0.05) is 6.07 Å². The third-order valence-corrected chi connectivity index (χ3v) is 2.38. The number of hydrogen-bond donors (Lipinski definition) is 0. The third kappa shape index (κ3) is 6.02. The lowest BCUT2D eigenvalue weighted by Gasteiger charge is -2.13. The number of halogens is 4. The number of ether oxygens (including phenoxy) is 3. The lowest BCUT2D eigenvalue weighted by Crippen LogP contribution is -2.18. The molecule has 1 rings (SSSR count). The van der Waals surface area contributed by atoms with Crippen LogP contribution in [0.5, 0.6) is 11.5 Å². The Labute approximate surface area is 114 Å². The molecular formula is C12H14ClF3O3. The summed E-state index contributed by atoms with van der Waals surface area (Å²) in [5.74, 6) is 1.13. The molecule has 0 amide bonds. The summed E-state index contributed by atoms with van der Waals surface area (Å²) >= 11 is 5.69. The van der Waals surface area contributed by atoms with Crippen molar-refractivity contribution in [3.63, 3.8) is 0 Å². The van der Waals surface area contributed by atoms with E-state index >= 15 is 0 Å². The summed E-state index contributed by atoms with van der Waals surface area (Å²) in [7, 11) is 0. The van der Waals surface area contributed by atoms with Crippen molar-refractivity contribution < 1.29 is 27.4 Å². The molecule has 0 spiro atoms. The molecule has 0 bridgehead atoms. The van der Waals surface area contributed by atoms with Crippen molar-refractivity contribution in [2.24, 2.45) is 0 Å². The Bertz CT molecular complexity index is 396. The van der Waals surface area contributed by atoms with Crippen LogP contribution in [0, 0.1) is 0 Å². The van der Waals surface area contributed by atoms with Gasteiger partial charge < -0.3 is 9.47 Å². The molecule has 0 saturated heterocycles. The molecule has 0 aromatic heterocycles. The van der Waals surface area contributed by atoms with Crippen LogP contribution in [0.25, 0.3) is 0 Å². The second-order valence-electron chi connectivity index (χ2n) is 3.49. The zero-order valence-corrected chi connectivity index (χ0v) is 11.1. The molecule has 0 unspecified atom stereocenters. The molecule has 1 aromatic rings. The fourth-order valence-electron chi connectivity index (χ4n) is 1.33. The first-order chi connectivity index (χ1) is 8.96. The van der Waals surface area contributed by atoms with E-state index < -0.39 is 13.0 Å². The zero-order chi connectivity index (χ0) is 14.3. The highest BCUT2D eigenvalue weighted by molar-refractivity contribution is 6.17. The van der Waals surface area contributed by atoms with Crippen molar-refractivity contribution in [1.29, 1.82) is 0 Å². The van der Waals surface area contributed by atoms with E-state index in [9.17, 15) is 13.2 Å². The standard InChI is InChI=1S/C12H14ClF3O3/c1-2-17-11-7-9(8-13)3-4-10(11)18-5-6-19-12(14,15)16/h3-4,7H,2,5-6,8H2,1H3. The van der Waals surface area contributed by atoms with Crippen LogP contribution >= 0.6 is 11.6 Å². The van der Waals surface area contributed by atoms with Gasteiger partial charge in [0.2, 0.25) is 0 Å². The predicted octanol–water partition coefficient (Wildman–Crippen LogP) is 3.74. The van der Waals surface area contributed by atoms with Crippen LogP contribution in [0.1, 0.15) is 12.5 Å². The van der Waals surface area contributed by atoms with E-state index in [4.69, 9.17) is 21.1 Å². The lowest BCUT2D eigenvalue weighted by molar-refractivity contribution is -0.325. The Kier molecular flexibility index (Phi) is 6.24. The van der Waals surface area contributed by atoms with Gasteiger partial charge in [-0.3, -0.25) is 4.74 Å². The van der Waals surface area contributed by atoms with Gasteiger partial charge in [-0.2, -0.15) is 0 Å². The van der Waals surface area contributed by atoms with Crippen molar-refractivity contribution in [2.75, 3.05) is 19.8 Å². The second kappa shape index (κ2) is 7.45. The summed E-state index contributed by atoms with van der Waals surface area (Å²) < 4.78 is 49.4. The van der Waals surface area contributed by atoms with Crippen molar-refractivity contribution >= 4 is 11.6 Å². The normalized spacial score (nSPS) is 11.4. The summed E-state index contributed by atoms with van der Waals surface area (Å²) in [6.45, 7) is 1.41. The molecule has 0 N–H and O–H groups in total. The Morgan fingerprint density at radius 3 is 2.42 bits per heavy atom. The van der Waals surface area contributed by atoms with Crippen LogP contribution in [-0.2, 0) is 10.6 Å². The van der Waals surface area contributed by atoms with Crippen LogP contribution in [0.3, 0.4) is 0 Å². The Balaban J connectivity index is 2.56. The minimum atomic E-state index is -4.64. The summed E-state index contributed by atoms with van der Waals surface area (Å²) in [4.78, 5) is 0. The summed E-state index contributed by atoms with van der Waals surface area (Å²) in [6.07, 6.45) is -4.64. The van der Waals surface area contributed by atoms with Crippen molar-refractivity contribution in [3.8, 4) is 11.5 Å². The second-order valence-corrected chi connectivity index (χ2v) is 3.76. The highest BCUT2D eigenvalue weighted by atomic mass is 35.5. The molecule has 0 saturated carbocycles. The zero-order valence-electron chi connectivity index (χ0n) is 10.3. The Morgan fingerprint density at radius 1 is 1.11 bits per heavy atom. The van der Waals surface area contributed by atoms with Crippen LogP contribution in [0.15, 0.2) is 18.2 Å². The maximum Gasteiger partial charge on any atom is 0.522 e. The number of hydrogen-bond acceptors (Lipinski definition) is 3. The minimum absolute atomic E-state index is 0.222. The van der Waals surface area contributed by atoms with Gasteiger partial charge in [0.25, 0.3) is 0 Å². The van der Waals surface area contributed by atoms with E-state index in [2.05, 4.69) is 4.74 Å². The van der Waals surface area contributed by atoms with E-state index in [1.165, 1.54) is 0 Å². The topological polar surface area (TPSA) is 27.7 Å². The van der Waals surface area contributed by atoms with Crippen LogP contribution in [0.4, 0.5) is 13.2 Å². The fourth-order valence-corrected chi connectivity index (χ4v) is 1.50. The highest BCUT2D eigenvalue weighted by Crippen LogP contribution is 2.29. The van der Waals surface area contributed by atoms with Crippen molar-refractivity contribution in [1.82, 2.24) is 0 Å². The summed E-state index contributed by atoms with van der Waals surface area (Å²) in [5.41, 5.74) is 0.837. The fraction of sp³-hybridized carbons (Fsp3) is 0.500. The minimum Gasteiger partial charge on any atom is -0.490 e. The molecule has 1 aromatic carbocycles.